The number of hydrogen-bond donors (Lipinski definition) is 0. The van der Waals surface area contributed by atoms with Crippen molar-refractivity contribution in [3.63, 3.8) is 0 Å². The van der Waals surface area contributed by atoms with Crippen molar-refractivity contribution in [1.29, 1.82) is 0 Å². The average molecular weight is 277 g/mol. The van der Waals surface area contributed by atoms with Crippen LogP contribution >= 0.6 is 0 Å². The van der Waals surface area contributed by atoms with E-state index in [0.717, 1.165) is 11.1 Å². The highest BCUT2D eigenvalue weighted by Gasteiger charge is 2.10. The molecule has 108 valence electrons. The molecular formula is C15H19NO4. The quantitative estimate of drug-likeness (QED) is 0.452. The fourth-order valence-corrected chi connectivity index (χ4v) is 1.58. The zero-order valence-corrected chi connectivity index (χ0v) is 12.0. The summed E-state index contributed by atoms with van der Waals surface area (Å²) >= 11 is 0. The molecule has 0 saturated heterocycles. The van der Waals surface area contributed by atoms with Crippen LogP contribution in [0.15, 0.2) is 30.3 Å². The Labute approximate surface area is 118 Å². The lowest BCUT2D eigenvalue weighted by Crippen LogP contribution is -2.27. The third-order valence-corrected chi connectivity index (χ3v) is 2.71. The number of carbonyl (C=O) groups is 2. The Bertz CT molecular complexity index is 496. The monoisotopic (exact) mass is 277 g/mol. The molecule has 5 heteroatoms. The fourth-order valence-electron chi connectivity index (χ4n) is 1.58. The van der Waals surface area contributed by atoms with Crippen LogP contribution in [0.3, 0.4) is 0 Å². The number of hydroxylamine groups is 2. The Balaban J connectivity index is 2.83. The molecule has 0 spiro atoms. The van der Waals surface area contributed by atoms with Crippen LogP contribution in [0.2, 0.25) is 0 Å². The molecule has 1 aromatic carbocycles. The summed E-state index contributed by atoms with van der Waals surface area (Å²) in [5, 5.41) is 1.17. The van der Waals surface area contributed by atoms with Crippen LogP contribution in [0.5, 0.6) is 0 Å². The van der Waals surface area contributed by atoms with Gasteiger partial charge in [-0.25, -0.2) is 9.86 Å². The lowest BCUT2D eigenvalue weighted by atomic mass is 10.0. The van der Waals surface area contributed by atoms with Crippen molar-refractivity contribution >= 4 is 18.0 Å². The predicted octanol–water partition coefficient (Wildman–Crippen LogP) is 1.83. The van der Waals surface area contributed by atoms with Gasteiger partial charge in [0.2, 0.25) is 5.91 Å². The fraction of sp³-hybridized carbons (Fsp3) is 0.333. The van der Waals surface area contributed by atoms with Gasteiger partial charge in [-0.2, -0.15) is 0 Å². The molecule has 5 nitrogen and oxygen atoms in total. The van der Waals surface area contributed by atoms with E-state index in [4.69, 9.17) is 9.57 Å². The van der Waals surface area contributed by atoms with E-state index < -0.39 is 5.97 Å². The molecule has 0 aliphatic rings. The number of hydrogen-bond acceptors (Lipinski definition) is 4. The van der Waals surface area contributed by atoms with Gasteiger partial charge in [-0.15, -0.1) is 0 Å². The van der Waals surface area contributed by atoms with Crippen molar-refractivity contribution in [3.05, 3.63) is 41.5 Å². The Morgan fingerprint density at radius 2 is 2.00 bits per heavy atom. The molecule has 0 heterocycles. The standard InChI is InChI=1S/C15H19NO4/c1-4-20-15(18)10-9-12-7-5-6-8-13(12)11-14(17)16(2)19-3/h5-10H,4,11H2,1-3H3/b10-9+. The summed E-state index contributed by atoms with van der Waals surface area (Å²) in [6.07, 6.45) is 3.20. The molecule has 0 N–H and O–H groups in total. The van der Waals surface area contributed by atoms with Crippen LogP contribution in [0.25, 0.3) is 6.08 Å². The zero-order valence-electron chi connectivity index (χ0n) is 12.0. The van der Waals surface area contributed by atoms with Gasteiger partial charge in [0.15, 0.2) is 0 Å². The molecule has 1 rings (SSSR count). The Morgan fingerprint density at radius 1 is 1.30 bits per heavy atom. The molecule has 0 fully saturated rings. The number of ether oxygens (including phenoxy) is 1. The number of likely N-dealkylation sites (N-methyl/N-ethyl adjacent to an activating group) is 1. The first kappa shape index (κ1) is 15.9. The van der Waals surface area contributed by atoms with Gasteiger partial charge in [-0.3, -0.25) is 9.63 Å². The van der Waals surface area contributed by atoms with Crippen molar-refractivity contribution in [2.45, 2.75) is 13.3 Å². The van der Waals surface area contributed by atoms with Crippen molar-refractivity contribution in [3.8, 4) is 0 Å². The van der Waals surface area contributed by atoms with E-state index in [1.165, 1.54) is 18.2 Å². The number of esters is 1. The minimum absolute atomic E-state index is 0.163. The van der Waals surface area contributed by atoms with Gasteiger partial charge in [0.05, 0.1) is 20.1 Å². The molecule has 0 aromatic heterocycles. The highest BCUT2D eigenvalue weighted by Crippen LogP contribution is 2.12. The van der Waals surface area contributed by atoms with Gasteiger partial charge in [-0.05, 0) is 24.1 Å². The van der Waals surface area contributed by atoms with E-state index in [1.807, 2.05) is 24.3 Å². The SMILES string of the molecule is CCOC(=O)/C=C/c1ccccc1CC(=O)N(C)OC. The van der Waals surface area contributed by atoms with Gasteiger partial charge < -0.3 is 4.74 Å². The molecule has 0 radical (unpaired) electrons. The number of rotatable bonds is 6. The third-order valence-electron chi connectivity index (χ3n) is 2.71. The maximum atomic E-state index is 11.8. The van der Waals surface area contributed by atoms with E-state index in [-0.39, 0.29) is 12.3 Å². The third kappa shape index (κ3) is 4.85. The van der Waals surface area contributed by atoms with Gasteiger partial charge in [-0.1, -0.05) is 24.3 Å². The molecule has 0 atom stereocenters. The van der Waals surface area contributed by atoms with Gasteiger partial charge >= 0.3 is 5.97 Å². The summed E-state index contributed by atoms with van der Waals surface area (Å²) in [5.74, 6) is -0.563. The number of nitrogens with zero attached hydrogens (tertiary/aromatic N) is 1. The predicted molar refractivity (Wildman–Crippen MR) is 75.6 cm³/mol. The maximum Gasteiger partial charge on any atom is 0.330 e. The summed E-state index contributed by atoms with van der Waals surface area (Å²) in [4.78, 5) is 28.0. The summed E-state index contributed by atoms with van der Waals surface area (Å²) in [6.45, 7) is 2.08. The van der Waals surface area contributed by atoms with Crippen molar-refractivity contribution in [1.82, 2.24) is 5.06 Å². The van der Waals surface area contributed by atoms with Gasteiger partial charge in [0.25, 0.3) is 0 Å². The lowest BCUT2D eigenvalue weighted by molar-refractivity contribution is -0.167. The molecule has 0 aliphatic carbocycles. The minimum atomic E-state index is -0.400. The Kier molecular flexibility index (Phi) is 6.46. The number of benzene rings is 1. The second kappa shape index (κ2) is 8.12. The zero-order chi connectivity index (χ0) is 15.0. The summed E-state index contributed by atoms with van der Waals surface area (Å²) < 4.78 is 4.82. The molecule has 1 amide bonds. The van der Waals surface area contributed by atoms with Crippen LogP contribution in [-0.4, -0.2) is 37.7 Å². The van der Waals surface area contributed by atoms with E-state index in [2.05, 4.69) is 0 Å². The van der Waals surface area contributed by atoms with Gasteiger partial charge in [0, 0.05) is 13.1 Å². The van der Waals surface area contributed by atoms with Crippen molar-refractivity contribution < 1.29 is 19.2 Å². The molecule has 0 aliphatic heterocycles. The normalized spacial score (nSPS) is 10.6. The highest BCUT2D eigenvalue weighted by molar-refractivity contribution is 5.88. The largest absolute Gasteiger partial charge is 0.463 e. The lowest BCUT2D eigenvalue weighted by Gasteiger charge is -2.14. The Morgan fingerprint density at radius 3 is 2.65 bits per heavy atom. The first-order valence-electron chi connectivity index (χ1n) is 6.31. The van der Waals surface area contributed by atoms with Crippen LogP contribution < -0.4 is 0 Å². The van der Waals surface area contributed by atoms with E-state index in [0.29, 0.717) is 6.61 Å². The molecular weight excluding hydrogens is 258 g/mol. The van der Waals surface area contributed by atoms with E-state index >= 15 is 0 Å². The molecule has 0 bridgehead atoms. The molecule has 0 saturated carbocycles. The van der Waals surface area contributed by atoms with Crippen LogP contribution in [0.1, 0.15) is 18.1 Å². The first-order valence-corrected chi connectivity index (χ1v) is 6.31. The van der Waals surface area contributed by atoms with Gasteiger partial charge in [0.1, 0.15) is 0 Å². The van der Waals surface area contributed by atoms with Crippen LogP contribution in [-0.2, 0) is 25.6 Å². The van der Waals surface area contributed by atoms with Crippen molar-refractivity contribution in [2.75, 3.05) is 20.8 Å². The summed E-state index contributed by atoms with van der Waals surface area (Å²) in [7, 11) is 2.99. The highest BCUT2D eigenvalue weighted by atomic mass is 16.7. The summed E-state index contributed by atoms with van der Waals surface area (Å²) in [5.41, 5.74) is 1.63. The van der Waals surface area contributed by atoms with Crippen LogP contribution in [0, 0.1) is 0 Å². The topological polar surface area (TPSA) is 55.8 Å². The number of amides is 1. The average Bonchev–Trinajstić information content (AvgIpc) is 2.45. The first-order chi connectivity index (χ1) is 9.58. The van der Waals surface area contributed by atoms with E-state index in [9.17, 15) is 9.59 Å². The maximum absolute atomic E-state index is 11.8. The van der Waals surface area contributed by atoms with Crippen LogP contribution in [0.4, 0.5) is 0 Å². The molecule has 20 heavy (non-hydrogen) atoms. The van der Waals surface area contributed by atoms with Crippen molar-refractivity contribution in [2.24, 2.45) is 0 Å². The van der Waals surface area contributed by atoms with E-state index in [1.54, 1.807) is 20.0 Å². The molecule has 0 unspecified atom stereocenters. The minimum Gasteiger partial charge on any atom is -0.463 e. The second-order valence-electron chi connectivity index (χ2n) is 4.03. The number of carbonyl (C=O) groups excluding carboxylic acids is 2. The molecule has 1 aromatic rings. The summed E-state index contributed by atoms with van der Waals surface area (Å²) in [6, 6.07) is 7.37. The smallest absolute Gasteiger partial charge is 0.330 e. The Hall–Kier alpha value is -2.14. The second-order valence-corrected chi connectivity index (χ2v) is 4.03.